The Morgan fingerprint density at radius 3 is 2.86 bits per heavy atom. The quantitative estimate of drug-likeness (QED) is 0.940. The highest BCUT2D eigenvalue weighted by Crippen LogP contribution is 2.39. The van der Waals surface area contributed by atoms with E-state index in [-0.39, 0.29) is 6.42 Å². The van der Waals surface area contributed by atoms with Crippen LogP contribution in [0.2, 0.25) is 0 Å². The van der Waals surface area contributed by atoms with Crippen molar-refractivity contribution in [2.45, 2.75) is 56.9 Å². The number of anilines is 1. The zero-order chi connectivity index (χ0) is 18.7. The molecule has 118 valence electrons. The SMILES string of the molecule is [2H]C1([2H])Cc2c(sc3ncnc(N[C@H]4CC[C@H](N(C)C)CC4)c23)C1([2H])[2H]. The summed E-state index contributed by atoms with van der Waals surface area (Å²) in [5, 5.41) is 4.36. The molecule has 0 radical (unpaired) electrons. The van der Waals surface area contributed by atoms with Crippen LogP contribution in [0.15, 0.2) is 6.33 Å². The first-order chi connectivity index (χ1) is 12.2. The summed E-state index contributed by atoms with van der Waals surface area (Å²) in [5.74, 6) is 0.731. The third kappa shape index (κ3) is 2.50. The van der Waals surface area contributed by atoms with Gasteiger partial charge in [0.2, 0.25) is 0 Å². The fraction of sp³-hybridized carbons (Fsp3) is 0.647. The van der Waals surface area contributed by atoms with Crippen LogP contribution in [0.5, 0.6) is 0 Å². The summed E-state index contributed by atoms with van der Waals surface area (Å²) in [6.07, 6.45) is 2.16. The zero-order valence-corrected chi connectivity index (χ0v) is 13.8. The lowest BCUT2D eigenvalue weighted by atomic mass is 9.90. The maximum atomic E-state index is 8.22. The van der Waals surface area contributed by atoms with Crippen LogP contribution in [0.3, 0.4) is 0 Å². The molecular weight excluding hydrogens is 292 g/mol. The summed E-state index contributed by atoms with van der Waals surface area (Å²) < 4.78 is 32.6. The van der Waals surface area contributed by atoms with Gasteiger partial charge in [-0.05, 0) is 64.5 Å². The first-order valence-electron chi connectivity index (χ1n) is 9.90. The van der Waals surface area contributed by atoms with Crippen LogP contribution in [-0.4, -0.2) is 41.0 Å². The average molecular weight is 320 g/mol. The van der Waals surface area contributed by atoms with E-state index in [1.807, 2.05) is 0 Å². The van der Waals surface area contributed by atoms with Gasteiger partial charge in [-0.15, -0.1) is 11.3 Å². The first-order valence-corrected chi connectivity index (χ1v) is 8.72. The lowest BCUT2D eigenvalue weighted by Crippen LogP contribution is -2.36. The number of hydrogen-bond donors (Lipinski definition) is 1. The largest absolute Gasteiger partial charge is 0.367 e. The molecule has 2 aliphatic carbocycles. The average Bonchev–Trinajstić information content (AvgIpc) is 3.02. The summed E-state index contributed by atoms with van der Waals surface area (Å²) in [7, 11) is 4.26. The Kier molecular flexibility index (Phi) is 2.77. The number of fused-ring (bicyclic) bond motifs is 3. The van der Waals surface area contributed by atoms with E-state index in [9.17, 15) is 0 Å². The fourth-order valence-corrected chi connectivity index (χ4v) is 4.55. The van der Waals surface area contributed by atoms with E-state index in [1.165, 1.54) is 17.7 Å². The van der Waals surface area contributed by atoms with E-state index in [4.69, 9.17) is 5.48 Å². The Bertz CT molecular complexity index is 828. The van der Waals surface area contributed by atoms with Gasteiger partial charge in [-0.1, -0.05) is 0 Å². The van der Waals surface area contributed by atoms with Crippen molar-refractivity contribution in [2.75, 3.05) is 19.4 Å². The number of nitrogens with one attached hydrogen (secondary N) is 1. The maximum Gasteiger partial charge on any atom is 0.138 e. The molecule has 1 saturated carbocycles. The lowest BCUT2D eigenvalue weighted by Gasteiger charge is -2.33. The van der Waals surface area contributed by atoms with Gasteiger partial charge in [0.05, 0.1) is 5.39 Å². The molecule has 0 unspecified atom stereocenters. The van der Waals surface area contributed by atoms with Gasteiger partial charge in [0, 0.05) is 22.4 Å². The van der Waals surface area contributed by atoms with Gasteiger partial charge in [-0.2, -0.15) is 0 Å². The van der Waals surface area contributed by atoms with Gasteiger partial charge in [-0.25, -0.2) is 9.97 Å². The standard InChI is InChI=1S/C17H24N4S/c1-21(2)12-8-6-11(7-9-12)20-16-15-13-4-3-5-14(13)22-17(15)19-10-18-16/h10-12H,3-9H2,1-2H3,(H,18,19,20)/t11-,12-/i3D2,5D2. The molecule has 0 spiro atoms. The molecule has 0 saturated heterocycles. The van der Waals surface area contributed by atoms with Crippen LogP contribution in [0, 0.1) is 0 Å². The van der Waals surface area contributed by atoms with E-state index in [0.29, 0.717) is 17.0 Å². The molecule has 2 aliphatic rings. The highest BCUT2D eigenvalue weighted by molar-refractivity contribution is 7.19. The van der Waals surface area contributed by atoms with E-state index in [1.54, 1.807) is 0 Å². The molecular formula is C17H24N4S. The van der Waals surface area contributed by atoms with Crippen molar-refractivity contribution in [3.05, 3.63) is 16.8 Å². The Morgan fingerprint density at radius 2 is 2.09 bits per heavy atom. The maximum absolute atomic E-state index is 8.22. The smallest absolute Gasteiger partial charge is 0.138 e. The third-order valence-corrected chi connectivity index (χ3v) is 5.88. The molecule has 4 rings (SSSR count). The molecule has 0 aromatic carbocycles. The summed E-state index contributed by atoms with van der Waals surface area (Å²) >= 11 is 1.26. The Morgan fingerprint density at radius 1 is 1.27 bits per heavy atom. The molecule has 0 aliphatic heterocycles. The van der Waals surface area contributed by atoms with Crippen molar-refractivity contribution < 1.29 is 5.48 Å². The molecule has 2 heterocycles. The predicted octanol–water partition coefficient (Wildman–Crippen LogP) is 3.46. The van der Waals surface area contributed by atoms with Gasteiger partial charge in [0.25, 0.3) is 0 Å². The monoisotopic (exact) mass is 320 g/mol. The van der Waals surface area contributed by atoms with Crippen LogP contribution in [0.4, 0.5) is 5.82 Å². The predicted molar refractivity (Wildman–Crippen MR) is 92.8 cm³/mol. The van der Waals surface area contributed by atoms with Gasteiger partial charge in [0.15, 0.2) is 0 Å². The minimum Gasteiger partial charge on any atom is -0.367 e. The summed E-state index contributed by atoms with van der Waals surface area (Å²) in [4.78, 5) is 12.2. The molecule has 22 heavy (non-hydrogen) atoms. The van der Waals surface area contributed by atoms with Crippen LogP contribution in [0.1, 0.15) is 48.0 Å². The minimum absolute atomic E-state index is 0.0742. The third-order valence-electron chi connectivity index (χ3n) is 4.82. The number of aromatic nitrogens is 2. The van der Waals surface area contributed by atoms with E-state index >= 15 is 0 Å². The minimum atomic E-state index is -1.98. The van der Waals surface area contributed by atoms with Gasteiger partial charge < -0.3 is 10.2 Å². The molecule has 0 bridgehead atoms. The number of hydrogen-bond acceptors (Lipinski definition) is 5. The van der Waals surface area contributed by atoms with Crippen molar-refractivity contribution >= 4 is 27.4 Å². The Balaban J connectivity index is 1.64. The van der Waals surface area contributed by atoms with Gasteiger partial charge >= 0.3 is 0 Å². The van der Waals surface area contributed by atoms with Gasteiger partial charge in [-0.3, -0.25) is 0 Å². The Hall–Kier alpha value is -1.20. The summed E-state index contributed by atoms with van der Waals surface area (Å²) in [6.45, 7) is 0. The number of nitrogens with zero attached hydrogens (tertiary/aromatic N) is 3. The van der Waals surface area contributed by atoms with Crippen molar-refractivity contribution in [3.63, 3.8) is 0 Å². The van der Waals surface area contributed by atoms with Crippen molar-refractivity contribution in [2.24, 2.45) is 0 Å². The molecule has 0 amide bonds. The van der Waals surface area contributed by atoms with Gasteiger partial charge in [0.1, 0.15) is 17.0 Å². The summed E-state index contributed by atoms with van der Waals surface area (Å²) in [6, 6.07) is 0.970. The molecule has 1 N–H and O–H groups in total. The van der Waals surface area contributed by atoms with Crippen LogP contribution >= 0.6 is 11.3 Å². The molecule has 4 nitrogen and oxygen atoms in total. The first kappa shape index (κ1) is 10.6. The molecule has 5 heteroatoms. The van der Waals surface area contributed by atoms with E-state index < -0.39 is 12.7 Å². The second kappa shape index (κ2) is 5.78. The van der Waals surface area contributed by atoms with Crippen LogP contribution < -0.4 is 5.32 Å². The second-order valence-corrected chi connectivity index (χ2v) is 7.40. The Labute approximate surface area is 141 Å². The van der Waals surface area contributed by atoms with Crippen molar-refractivity contribution in [1.82, 2.24) is 14.9 Å². The highest BCUT2D eigenvalue weighted by atomic mass is 32.1. The number of aryl methyl sites for hydroxylation is 2. The highest BCUT2D eigenvalue weighted by Gasteiger charge is 2.25. The normalized spacial score (nSPS) is 32.1. The van der Waals surface area contributed by atoms with Crippen molar-refractivity contribution in [1.29, 1.82) is 0 Å². The zero-order valence-electron chi connectivity index (χ0n) is 17.0. The van der Waals surface area contributed by atoms with E-state index in [2.05, 4.69) is 34.3 Å². The molecule has 2 aromatic rings. The lowest BCUT2D eigenvalue weighted by molar-refractivity contribution is 0.221. The number of thiophene rings is 1. The van der Waals surface area contributed by atoms with E-state index in [0.717, 1.165) is 47.3 Å². The molecule has 2 aromatic heterocycles. The topological polar surface area (TPSA) is 41.1 Å². The van der Waals surface area contributed by atoms with Crippen molar-refractivity contribution in [3.8, 4) is 0 Å². The summed E-state index contributed by atoms with van der Waals surface area (Å²) in [5.41, 5.74) is 0.741. The van der Waals surface area contributed by atoms with Crippen LogP contribution in [0.25, 0.3) is 10.2 Å². The second-order valence-electron chi connectivity index (χ2n) is 6.40. The van der Waals surface area contributed by atoms with Crippen LogP contribution in [-0.2, 0) is 12.8 Å². The number of rotatable bonds is 3. The molecule has 0 atom stereocenters. The molecule has 1 fully saturated rings. The fourth-order valence-electron chi connectivity index (χ4n) is 3.51.